The summed E-state index contributed by atoms with van der Waals surface area (Å²) in [6.07, 6.45) is 16.1. The predicted molar refractivity (Wildman–Crippen MR) is 248 cm³/mol. The van der Waals surface area contributed by atoms with E-state index >= 15 is 0 Å². The molecule has 0 radical (unpaired) electrons. The molecule has 4 amide bonds. The average molecular weight is 909 g/mol. The molecule has 8 atom stereocenters. The fraction of sp³-hybridized carbons (Fsp3) is 0.889. The number of ether oxygens (including phenoxy) is 3. The Morgan fingerprint density at radius 3 is 1.76 bits per heavy atom. The minimum atomic E-state index is -1.22. The molecule has 0 unspecified atom stereocenters. The van der Waals surface area contributed by atoms with Gasteiger partial charge in [-0.2, -0.15) is 0 Å². The molecular formula is C45H84N6O9Si2. The number of rotatable bonds is 14. The van der Waals surface area contributed by atoms with Crippen molar-refractivity contribution in [2.45, 2.75) is 197 Å². The molecule has 15 nitrogen and oxygen atoms in total. The molecule has 6 rings (SSSR count). The Morgan fingerprint density at radius 1 is 0.677 bits per heavy atom. The predicted octanol–water partition coefficient (Wildman–Crippen LogP) is 7.30. The largest absolute Gasteiger partial charge is 0.480 e. The number of nitrogens with one attached hydrogen (secondary N) is 4. The maximum absolute atomic E-state index is 13.2. The summed E-state index contributed by atoms with van der Waals surface area (Å²) in [4.78, 5) is 61.4. The number of fused-ring (bicyclic) bond motifs is 2. The number of hydrogen-bond donors (Lipinski definition) is 6. The Balaban J connectivity index is 0.000000216. The Labute approximate surface area is 374 Å². The number of carbonyl (C=O) groups excluding carboxylic acids is 4. The zero-order chi connectivity index (χ0) is 45.5. The lowest BCUT2D eigenvalue weighted by atomic mass is 9.83. The van der Waals surface area contributed by atoms with Gasteiger partial charge in [-0.1, -0.05) is 77.8 Å². The molecule has 0 aromatic carbocycles. The molecule has 6 aliphatic rings. The molecule has 6 fully saturated rings. The number of hydrogen-bond acceptors (Lipinski definition) is 10. The molecule has 0 spiro atoms. The van der Waals surface area contributed by atoms with Gasteiger partial charge in [0.25, 0.3) is 0 Å². The summed E-state index contributed by atoms with van der Waals surface area (Å²) in [5.41, 5.74) is 6.41. The zero-order valence-corrected chi connectivity index (χ0v) is 41.3. The van der Waals surface area contributed by atoms with Crippen LogP contribution in [0.2, 0.25) is 51.4 Å². The second-order valence-corrected chi connectivity index (χ2v) is 32.4. The highest BCUT2D eigenvalue weighted by Gasteiger charge is 2.48. The van der Waals surface area contributed by atoms with Gasteiger partial charge >= 0.3 is 24.2 Å². The third-order valence-electron chi connectivity index (χ3n) is 14.0. The van der Waals surface area contributed by atoms with Crippen LogP contribution in [0.4, 0.5) is 14.4 Å². The Hall–Kier alpha value is -2.90. The van der Waals surface area contributed by atoms with Gasteiger partial charge in [-0.25, -0.2) is 19.2 Å². The van der Waals surface area contributed by atoms with E-state index in [1.165, 1.54) is 32.1 Å². The highest BCUT2D eigenvalue weighted by Crippen LogP contribution is 2.39. The third-order valence-corrected chi connectivity index (χ3v) is 17.4. The first kappa shape index (κ1) is 51.7. The van der Waals surface area contributed by atoms with Crippen LogP contribution in [-0.2, 0) is 23.8 Å². The van der Waals surface area contributed by atoms with Crippen LogP contribution in [0.5, 0.6) is 0 Å². The first-order valence-electron chi connectivity index (χ1n) is 24.2. The maximum Gasteiger partial charge on any atom is 0.407 e. The van der Waals surface area contributed by atoms with E-state index in [1.54, 1.807) is 6.92 Å². The van der Waals surface area contributed by atoms with Crippen LogP contribution in [0.25, 0.3) is 0 Å². The Morgan fingerprint density at radius 2 is 1.21 bits per heavy atom. The van der Waals surface area contributed by atoms with Crippen molar-refractivity contribution in [3.05, 3.63) is 0 Å². The SMILES string of the molecule is CCOC(=O)N[C@H](C(=O)O)C1CCCCC1.C[Si](C)(C)CCOC(=O)N[C@H]1CC[C@@H]2CCN(C(=O)[C@@H](N)C3CCCCC3)[C@@H]21.C[Si](C)(C)CCOC(=O)N[C@H]1CC[C@@H]2CCN[C@@H]21. The molecule has 356 valence electrons. The molecule has 17 heteroatoms. The van der Waals surface area contributed by atoms with Crippen LogP contribution < -0.4 is 27.0 Å². The van der Waals surface area contributed by atoms with Crippen LogP contribution in [0, 0.1) is 23.7 Å². The molecule has 2 saturated heterocycles. The minimum absolute atomic E-state index is 0.00520. The quantitative estimate of drug-likeness (QED) is 0.0753. The van der Waals surface area contributed by atoms with Crippen molar-refractivity contribution in [3.8, 4) is 0 Å². The number of amides is 4. The second kappa shape index (κ2) is 25.0. The fourth-order valence-corrected chi connectivity index (χ4v) is 11.8. The van der Waals surface area contributed by atoms with Gasteiger partial charge in [-0.15, -0.1) is 0 Å². The van der Waals surface area contributed by atoms with Crippen molar-refractivity contribution >= 4 is 46.3 Å². The van der Waals surface area contributed by atoms with E-state index in [9.17, 15) is 24.0 Å². The normalized spacial score (nSPS) is 27.2. The Kier molecular flexibility index (Phi) is 20.8. The lowest BCUT2D eigenvalue weighted by molar-refractivity contribution is -0.141. The number of likely N-dealkylation sites (tertiary alicyclic amines) is 1. The lowest BCUT2D eigenvalue weighted by Crippen LogP contribution is -2.55. The molecule has 0 bridgehead atoms. The standard InChI is InChI=1S/C21H39N3O3Si.C13H26N2O2Si.C11H19NO4/c1-28(2,3)14-13-27-21(26)23-17-10-9-16-11-12-24(19(16)17)20(25)18(22)15-7-5-4-6-8-15;1-18(2,3)9-8-17-13(16)15-11-5-4-10-6-7-14-12(10)11;1-2-16-11(15)12-9(10(13)14)8-6-4-3-5-7-8/h15-19H,4-14,22H2,1-3H3,(H,23,26);10-12,14H,4-9H2,1-3H3,(H,15,16);8-9H,2-7H2,1H3,(H,12,15)(H,13,14)/t16-,17+,18+,19+;10-,11+,12+;9-/m110/s1. The van der Waals surface area contributed by atoms with Gasteiger partial charge in [0.2, 0.25) is 5.91 Å². The fourth-order valence-electron chi connectivity index (χ4n) is 10.4. The van der Waals surface area contributed by atoms with Crippen molar-refractivity contribution in [1.82, 2.24) is 26.2 Å². The number of alkyl carbamates (subject to hydrolysis) is 3. The molecule has 4 saturated carbocycles. The zero-order valence-electron chi connectivity index (χ0n) is 39.3. The molecule has 2 aliphatic heterocycles. The van der Waals surface area contributed by atoms with Crippen LogP contribution >= 0.6 is 0 Å². The number of aliphatic carboxylic acids is 1. The second-order valence-electron chi connectivity index (χ2n) is 21.2. The average Bonchev–Trinajstić information content (AvgIpc) is 4.02. The van der Waals surface area contributed by atoms with Gasteiger partial charge in [-0.05, 0) is 113 Å². The first-order valence-corrected chi connectivity index (χ1v) is 31.6. The van der Waals surface area contributed by atoms with Crippen molar-refractivity contribution in [3.63, 3.8) is 0 Å². The Bertz CT molecular complexity index is 1430. The monoisotopic (exact) mass is 909 g/mol. The first-order chi connectivity index (χ1) is 29.4. The van der Waals surface area contributed by atoms with E-state index in [1.807, 2.05) is 4.90 Å². The van der Waals surface area contributed by atoms with Crippen molar-refractivity contribution in [2.75, 3.05) is 32.9 Å². The van der Waals surface area contributed by atoms with E-state index in [4.69, 9.17) is 25.1 Å². The van der Waals surface area contributed by atoms with Crippen molar-refractivity contribution in [2.24, 2.45) is 29.4 Å². The number of carbonyl (C=O) groups is 5. The van der Waals surface area contributed by atoms with E-state index in [-0.39, 0.29) is 54.8 Å². The van der Waals surface area contributed by atoms with Gasteiger partial charge in [0, 0.05) is 34.8 Å². The van der Waals surface area contributed by atoms with Gasteiger partial charge in [0.15, 0.2) is 0 Å². The summed E-state index contributed by atoms with van der Waals surface area (Å²) in [5.74, 6) is 0.725. The van der Waals surface area contributed by atoms with E-state index in [2.05, 4.69) is 60.5 Å². The highest BCUT2D eigenvalue weighted by molar-refractivity contribution is 6.76. The van der Waals surface area contributed by atoms with Crippen molar-refractivity contribution < 1.29 is 43.3 Å². The summed E-state index contributed by atoms with van der Waals surface area (Å²) in [6.45, 7) is 18.5. The van der Waals surface area contributed by atoms with E-state index in [0.717, 1.165) is 102 Å². The summed E-state index contributed by atoms with van der Waals surface area (Å²) in [7, 11) is -2.32. The number of carboxylic acids is 1. The topological polar surface area (TPSA) is 211 Å². The van der Waals surface area contributed by atoms with Crippen LogP contribution in [0.3, 0.4) is 0 Å². The summed E-state index contributed by atoms with van der Waals surface area (Å²) in [6, 6.07) is 1.66. The molecule has 0 aromatic rings. The van der Waals surface area contributed by atoms with Crippen LogP contribution in [-0.4, -0.2) is 125 Å². The molecule has 7 N–H and O–H groups in total. The number of nitrogens with zero attached hydrogens (tertiary/aromatic N) is 1. The maximum atomic E-state index is 13.2. The number of nitrogens with two attached hydrogens (primary N) is 1. The van der Waals surface area contributed by atoms with E-state index in [0.29, 0.717) is 31.1 Å². The molecule has 62 heavy (non-hydrogen) atoms. The van der Waals surface area contributed by atoms with Gasteiger partial charge < -0.3 is 51.2 Å². The summed E-state index contributed by atoms with van der Waals surface area (Å²) in [5, 5.41) is 21.1. The molecule has 2 heterocycles. The summed E-state index contributed by atoms with van der Waals surface area (Å²) < 4.78 is 15.4. The smallest absolute Gasteiger partial charge is 0.407 e. The van der Waals surface area contributed by atoms with Crippen LogP contribution in [0.15, 0.2) is 0 Å². The van der Waals surface area contributed by atoms with Gasteiger partial charge in [0.1, 0.15) is 6.04 Å². The number of carboxylic acid groups (broad SMARTS) is 1. The third kappa shape index (κ3) is 16.9. The molecule has 0 aromatic heterocycles. The highest BCUT2D eigenvalue weighted by atomic mass is 28.3. The van der Waals surface area contributed by atoms with Gasteiger partial charge in [0.05, 0.1) is 37.9 Å². The van der Waals surface area contributed by atoms with E-state index < -0.39 is 34.3 Å². The molecule has 4 aliphatic carbocycles. The van der Waals surface area contributed by atoms with Crippen molar-refractivity contribution in [1.29, 1.82) is 0 Å². The van der Waals surface area contributed by atoms with Crippen LogP contribution in [0.1, 0.15) is 110 Å². The summed E-state index contributed by atoms with van der Waals surface area (Å²) >= 11 is 0. The minimum Gasteiger partial charge on any atom is -0.480 e. The molecular weight excluding hydrogens is 825 g/mol. The lowest BCUT2D eigenvalue weighted by Gasteiger charge is -2.34. The van der Waals surface area contributed by atoms with Gasteiger partial charge in [-0.3, -0.25) is 4.79 Å².